The topological polar surface area (TPSA) is 164 Å². The summed E-state index contributed by atoms with van der Waals surface area (Å²) in [6, 6.07) is 30.0. The van der Waals surface area contributed by atoms with E-state index in [9.17, 15) is 29.6 Å². The third-order valence-electron chi connectivity index (χ3n) is 10.7. The molecule has 0 bridgehead atoms. The quantitative estimate of drug-likeness (QED) is 0.110. The average molecular weight is 764 g/mol. The van der Waals surface area contributed by atoms with E-state index in [2.05, 4.69) is 22.0 Å². The summed E-state index contributed by atoms with van der Waals surface area (Å²) < 4.78 is 18.6. The minimum Gasteiger partial charge on any atom is -0.445 e. The molecule has 3 aliphatic rings. The lowest BCUT2D eigenvalue weighted by atomic mass is 9.90. The fourth-order valence-corrected chi connectivity index (χ4v) is 7.39. The first-order valence-corrected chi connectivity index (χ1v) is 18.8. The number of carbonyl (C=O) groups excluding carboxylic acids is 3. The van der Waals surface area contributed by atoms with Crippen molar-refractivity contribution in [2.24, 2.45) is 5.92 Å². The number of hydrogen-bond donors (Lipinski definition) is 2. The number of likely N-dealkylation sites (tertiary alicyclic amines) is 1. The van der Waals surface area contributed by atoms with Crippen LogP contribution in [0, 0.1) is 16.0 Å². The van der Waals surface area contributed by atoms with E-state index in [1.54, 1.807) is 12.1 Å². The molecule has 4 aromatic carbocycles. The second-order valence-electron chi connectivity index (χ2n) is 14.4. The SMILES string of the molecule is C[C@@H]1[C@H](CN2CCN(c3ccc([N+](=O)[O-])cc3)CC2)O[C@H](c2ccc(CN3C(=O)CC(NC(=O)OCc4ccccc4)C3=O)cc2)O[C@@H]1c1ccc(CO)cc1. The zero-order valence-electron chi connectivity index (χ0n) is 31.1. The van der Waals surface area contributed by atoms with Crippen molar-refractivity contribution in [1.82, 2.24) is 15.1 Å². The molecule has 2 N–H and O–H groups in total. The number of amides is 3. The van der Waals surface area contributed by atoms with Gasteiger partial charge in [-0.1, -0.05) is 85.8 Å². The van der Waals surface area contributed by atoms with Gasteiger partial charge in [-0.2, -0.15) is 0 Å². The Hall–Kier alpha value is -5.67. The number of aliphatic hydroxyl groups excluding tert-OH is 1. The summed E-state index contributed by atoms with van der Waals surface area (Å²) >= 11 is 0. The third kappa shape index (κ3) is 9.06. The molecule has 3 aliphatic heterocycles. The van der Waals surface area contributed by atoms with E-state index >= 15 is 0 Å². The van der Waals surface area contributed by atoms with Gasteiger partial charge in [0.15, 0.2) is 6.29 Å². The summed E-state index contributed by atoms with van der Waals surface area (Å²) in [6.07, 6.45) is -2.09. The summed E-state index contributed by atoms with van der Waals surface area (Å²) in [5.74, 6) is -0.885. The lowest BCUT2D eigenvalue weighted by Gasteiger charge is -2.44. The van der Waals surface area contributed by atoms with Gasteiger partial charge in [-0.25, -0.2) is 4.79 Å². The van der Waals surface area contributed by atoms with Crippen molar-refractivity contribution in [1.29, 1.82) is 0 Å². The first-order valence-electron chi connectivity index (χ1n) is 18.8. The molecule has 3 amide bonds. The van der Waals surface area contributed by atoms with Gasteiger partial charge in [-0.15, -0.1) is 0 Å². The van der Waals surface area contributed by atoms with Crippen LogP contribution in [0.25, 0.3) is 0 Å². The van der Waals surface area contributed by atoms with Crippen LogP contribution in [0.1, 0.15) is 53.6 Å². The lowest BCUT2D eigenvalue weighted by Crippen LogP contribution is -2.51. The highest BCUT2D eigenvalue weighted by atomic mass is 16.7. The number of anilines is 1. The number of piperazine rings is 1. The number of nitrogens with zero attached hydrogens (tertiary/aromatic N) is 4. The van der Waals surface area contributed by atoms with Gasteiger partial charge in [0.1, 0.15) is 12.6 Å². The first kappa shape index (κ1) is 38.6. The number of nitrogens with one attached hydrogen (secondary N) is 1. The van der Waals surface area contributed by atoms with Crippen LogP contribution < -0.4 is 10.2 Å². The van der Waals surface area contributed by atoms with Crippen molar-refractivity contribution in [3.63, 3.8) is 0 Å². The van der Waals surface area contributed by atoms with Crippen molar-refractivity contribution in [3.05, 3.63) is 141 Å². The molecular weight excluding hydrogens is 718 g/mol. The molecule has 14 nitrogen and oxygen atoms in total. The number of non-ortho nitro benzene ring substituents is 1. The smallest absolute Gasteiger partial charge is 0.408 e. The molecular formula is C42H45N5O9. The second-order valence-corrected chi connectivity index (χ2v) is 14.4. The van der Waals surface area contributed by atoms with Crippen LogP contribution in [0.15, 0.2) is 103 Å². The number of rotatable bonds is 12. The molecule has 3 saturated heterocycles. The van der Waals surface area contributed by atoms with E-state index in [0.29, 0.717) is 6.54 Å². The fraction of sp³-hybridized carbons (Fsp3) is 0.357. The van der Waals surface area contributed by atoms with Crippen molar-refractivity contribution in [2.45, 2.75) is 57.6 Å². The summed E-state index contributed by atoms with van der Waals surface area (Å²) in [6.45, 7) is 5.95. The molecule has 5 atom stereocenters. The summed E-state index contributed by atoms with van der Waals surface area (Å²) in [5, 5.41) is 23.3. The number of nitro groups is 1. The van der Waals surface area contributed by atoms with Crippen LogP contribution in [0.3, 0.4) is 0 Å². The van der Waals surface area contributed by atoms with E-state index in [4.69, 9.17) is 14.2 Å². The molecule has 292 valence electrons. The molecule has 3 heterocycles. The number of ether oxygens (including phenoxy) is 3. The number of benzene rings is 4. The van der Waals surface area contributed by atoms with Crippen LogP contribution in [0.2, 0.25) is 0 Å². The normalized spacial score (nSPS) is 22.9. The number of aliphatic hydroxyl groups is 1. The van der Waals surface area contributed by atoms with Gasteiger partial charge in [0.25, 0.3) is 11.6 Å². The Morgan fingerprint density at radius 3 is 2.18 bits per heavy atom. The Morgan fingerprint density at radius 2 is 1.52 bits per heavy atom. The molecule has 0 spiro atoms. The predicted octanol–water partition coefficient (Wildman–Crippen LogP) is 5.25. The lowest BCUT2D eigenvalue weighted by molar-refractivity contribution is -0.384. The Balaban J connectivity index is 0.988. The molecule has 14 heteroatoms. The largest absolute Gasteiger partial charge is 0.445 e. The van der Waals surface area contributed by atoms with Gasteiger partial charge in [0, 0.05) is 62.0 Å². The molecule has 0 aromatic heterocycles. The van der Waals surface area contributed by atoms with Gasteiger partial charge < -0.3 is 29.5 Å². The van der Waals surface area contributed by atoms with E-state index in [-0.39, 0.29) is 55.9 Å². The van der Waals surface area contributed by atoms with Gasteiger partial charge in [-0.3, -0.25) is 29.5 Å². The monoisotopic (exact) mass is 763 g/mol. The summed E-state index contributed by atoms with van der Waals surface area (Å²) in [4.78, 5) is 54.9. The Bertz CT molecular complexity index is 1990. The maximum absolute atomic E-state index is 13.2. The molecule has 3 fully saturated rings. The van der Waals surface area contributed by atoms with Crippen LogP contribution in [-0.4, -0.2) is 82.6 Å². The number of carbonyl (C=O) groups is 3. The molecule has 0 saturated carbocycles. The molecule has 56 heavy (non-hydrogen) atoms. The average Bonchev–Trinajstić information content (AvgIpc) is 3.48. The van der Waals surface area contributed by atoms with E-state index < -0.39 is 29.3 Å². The van der Waals surface area contributed by atoms with Crippen LogP contribution in [0.4, 0.5) is 16.2 Å². The molecule has 1 unspecified atom stereocenters. The van der Waals surface area contributed by atoms with E-state index in [1.165, 1.54) is 12.1 Å². The first-order chi connectivity index (χ1) is 27.1. The van der Waals surface area contributed by atoms with Gasteiger partial charge in [-0.05, 0) is 34.4 Å². The molecule has 0 radical (unpaired) electrons. The minimum atomic E-state index is -0.998. The van der Waals surface area contributed by atoms with E-state index in [1.807, 2.05) is 78.9 Å². The molecule has 4 aromatic rings. The van der Waals surface area contributed by atoms with Crippen molar-refractivity contribution >= 4 is 29.3 Å². The summed E-state index contributed by atoms with van der Waals surface area (Å²) in [5.41, 5.74) is 5.13. The van der Waals surface area contributed by atoms with Gasteiger partial charge >= 0.3 is 6.09 Å². The van der Waals surface area contributed by atoms with Gasteiger partial charge in [0.2, 0.25) is 5.91 Å². The Morgan fingerprint density at radius 1 is 0.857 bits per heavy atom. The van der Waals surface area contributed by atoms with Crippen molar-refractivity contribution in [2.75, 3.05) is 37.6 Å². The van der Waals surface area contributed by atoms with Gasteiger partial charge in [0.05, 0.1) is 36.7 Å². The maximum Gasteiger partial charge on any atom is 0.408 e. The number of imide groups is 1. The standard InChI is InChI=1S/C42H45N5O9/c1-28-37(25-44-19-21-45(22-20-44)34-15-17-35(18-16-34)47(52)53)55-41(56-39(28)32-11-9-30(26-48)10-12-32)33-13-7-29(8-14-33)24-46-38(49)23-36(40(46)50)43-42(51)54-27-31-5-3-2-4-6-31/h2-18,28,36-37,39,41,48H,19-27H2,1H3,(H,43,51)/t28-,36?,37+,39+,41+/m1/s1. The zero-order chi connectivity index (χ0) is 39.2. The van der Waals surface area contributed by atoms with E-state index in [0.717, 1.165) is 64.6 Å². The van der Waals surface area contributed by atoms with Crippen LogP contribution >= 0.6 is 0 Å². The Kier molecular flexibility index (Phi) is 12.0. The molecule has 7 rings (SSSR count). The van der Waals surface area contributed by atoms with Crippen molar-refractivity contribution in [3.8, 4) is 0 Å². The summed E-state index contributed by atoms with van der Waals surface area (Å²) in [7, 11) is 0. The predicted molar refractivity (Wildman–Crippen MR) is 205 cm³/mol. The zero-order valence-corrected chi connectivity index (χ0v) is 31.1. The Labute approximate surface area is 324 Å². The number of hydrogen-bond acceptors (Lipinski definition) is 11. The number of nitro benzene ring substituents is 1. The highest BCUT2D eigenvalue weighted by Crippen LogP contribution is 2.42. The van der Waals surface area contributed by atoms with Crippen molar-refractivity contribution < 1.29 is 38.6 Å². The maximum atomic E-state index is 13.2. The highest BCUT2D eigenvalue weighted by molar-refractivity contribution is 6.06. The van der Waals surface area contributed by atoms with Crippen LogP contribution in [0.5, 0.6) is 0 Å². The fourth-order valence-electron chi connectivity index (χ4n) is 7.39. The highest BCUT2D eigenvalue weighted by Gasteiger charge is 2.41. The third-order valence-corrected chi connectivity index (χ3v) is 10.7. The minimum absolute atomic E-state index is 0.0115. The second kappa shape index (κ2) is 17.4. The van der Waals surface area contributed by atoms with Crippen LogP contribution in [-0.2, 0) is 43.6 Å². The molecule has 0 aliphatic carbocycles. The number of alkyl carbamates (subject to hydrolysis) is 1.